The number of halogens is 1. The molecule has 2 aromatic rings. The number of nitrogens with zero attached hydrogens (tertiary/aromatic N) is 1. The van der Waals surface area contributed by atoms with E-state index in [1.54, 1.807) is 17.9 Å². The Kier molecular flexibility index (Phi) is 3.91. The van der Waals surface area contributed by atoms with Gasteiger partial charge in [0, 0.05) is 35.4 Å². The second kappa shape index (κ2) is 5.99. The van der Waals surface area contributed by atoms with Crippen molar-refractivity contribution in [3.05, 3.63) is 59.4 Å². The van der Waals surface area contributed by atoms with E-state index in [9.17, 15) is 14.0 Å². The number of piperidine rings is 1. The van der Waals surface area contributed by atoms with Crippen molar-refractivity contribution >= 4 is 23.5 Å². The molecule has 1 amide bonds. The molecule has 0 unspecified atom stereocenters. The summed E-state index contributed by atoms with van der Waals surface area (Å²) in [6.07, 6.45) is 1.14. The summed E-state index contributed by atoms with van der Waals surface area (Å²) in [5.74, 6) is -0.386. The van der Waals surface area contributed by atoms with Gasteiger partial charge in [-0.15, -0.1) is 0 Å². The molecule has 1 saturated heterocycles. The fourth-order valence-electron chi connectivity index (χ4n) is 3.92. The maximum absolute atomic E-state index is 13.8. The van der Waals surface area contributed by atoms with Crippen molar-refractivity contribution in [3.63, 3.8) is 0 Å². The van der Waals surface area contributed by atoms with Gasteiger partial charge in [-0.05, 0) is 42.7 Å². The van der Waals surface area contributed by atoms with Gasteiger partial charge in [-0.25, -0.2) is 4.39 Å². The van der Waals surface area contributed by atoms with E-state index in [0.717, 1.165) is 15.4 Å². The van der Waals surface area contributed by atoms with Crippen LogP contribution in [0.4, 0.5) is 4.39 Å². The maximum Gasteiger partial charge on any atom is 0.219 e. The number of carbonyl (C=O) groups excluding carboxylic acids is 2. The van der Waals surface area contributed by atoms with Crippen molar-refractivity contribution < 1.29 is 14.0 Å². The third-order valence-electron chi connectivity index (χ3n) is 5.31. The number of ketones is 1. The second-order valence-electron chi connectivity index (χ2n) is 6.66. The van der Waals surface area contributed by atoms with Crippen LogP contribution in [0.15, 0.2) is 52.3 Å². The minimum absolute atomic E-state index is 0.0253. The average molecular weight is 355 g/mol. The third-order valence-corrected chi connectivity index (χ3v) is 6.46. The van der Waals surface area contributed by atoms with Gasteiger partial charge in [0.1, 0.15) is 5.82 Å². The first-order valence-corrected chi connectivity index (χ1v) is 9.20. The number of benzene rings is 2. The predicted molar refractivity (Wildman–Crippen MR) is 94.5 cm³/mol. The molecule has 0 N–H and O–H groups in total. The van der Waals surface area contributed by atoms with Crippen molar-refractivity contribution in [3.8, 4) is 0 Å². The van der Waals surface area contributed by atoms with Crippen LogP contribution in [0.3, 0.4) is 0 Å². The Morgan fingerprint density at radius 1 is 1.12 bits per heavy atom. The molecule has 2 aliphatic rings. The molecule has 128 valence electrons. The monoisotopic (exact) mass is 355 g/mol. The second-order valence-corrected chi connectivity index (χ2v) is 7.74. The van der Waals surface area contributed by atoms with Crippen LogP contribution < -0.4 is 0 Å². The molecule has 0 bridgehead atoms. The van der Waals surface area contributed by atoms with Crippen LogP contribution in [0.25, 0.3) is 0 Å². The minimum Gasteiger partial charge on any atom is -0.343 e. The number of hydrogen-bond acceptors (Lipinski definition) is 3. The first kappa shape index (κ1) is 16.3. The van der Waals surface area contributed by atoms with E-state index in [-0.39, 0.29) is 11.7 Å². The zero-order valence-corrected chi connectivity index (χ0v) is 14.7. The van der Waals surface area contributed by atoms with Crippen LogP contribution in [-0.4, -0.2) is 29.7 Å². The first-order chi connectivity index (χ1) is 12.0. The number of hydrogen-bond donors (Lipinski definition) is 0. The Balaban J connectivity index is 1.87. The topological polar surface area (TPSA) is 37.4 Å². The molecule has 2 aromatic carbocycles. The largest absolute Gasteiger partial charge is 0.343 e. The Morgan fingerprint density at radius 2 is 1.84 bits per heavy atom. The van der Waals surface area contributed by atoms with Gasteiger partial charge >= 0.3 is 0 Å². The van der Waals surface area contributed by atoms with Gasteiger partial charge in [0.25, 0.3) is 0 Å². The Bertz CT molecular complexity index is 872. The minimum atomic E-state index is -0.686. The molecule has 0 radical (unpaired) electrons. The van der Waals surface area contributed by atoms with Crippen molar-refractivity contribution in [2.75, 3.05) is 13.1 Å². The number of Topliss-reactive ketones (excluding diaryl/α,β-unsaturated/α-hetero) is 1. The van der Waals surface area contributed by atoms with Gasteiger partial charge in [0.15, 0.2) is 5.78 Å². The van der Waals surface area contributed by atoms with E-state index < -0.39 is 11.2 Å². The summed E-state index contributed by atoms with van der Waals surface area (Å²) in [5, 5.41) is 0. The van der Waals surface area contributed by atoms with E-state index in [4.69, 9.17) is 0 Å². The quantitative estimate of drug-likeness (QED) is 0.715. The van der Waals surface area contributed by atoms with Gasteiger partial charge < -0.3 is 4.90 Å². The fraction of sp³-hybridized carbons (Fsp3) is 0.300. The SMILES string of the molecule is CC(=O)N1CCC2(CC1)C(=O)c1cc(F)ccc1Sc1ccccc12. The summed E-state index contributed by atoms with van der Waals surface area (Å²) in [5.41, 5.74) is 0.775. The normalized spacial score (nSPS) is 18.5. The van der Waals surface area contributed by atoms with Crippen molar-refractivity contribution in [2.45, 2.75) is 35.0 Å². The summed E-state index contributed by atoms with van der Waals surface area (Å²) < 4.78 is 13.8. The highest BCUT2D eigenvalue weighted by atomic mass is 32.2. The number of rotatable bonds is 0. The molecule has 25 heavy (non-hydrogen) atoms. The zero-order valence-electron chi connectivity index (χ0n) is 13.9. The molecule has 2 heterocycles. The van der Waals surface area contributed by atoms with Gasteiger partial charge in [-0.2, -0.15) is 0 Å². The van der Waals surface area contributed by atoms with E-state index in [1.807, 2.05) is 24.3 Å². The Hall–Kier alpha value is -2.14. The van der Waals surface area contributed by atoms with E-state index in [1.165, 1.54) is 23.9 Å². The van der Waals surface area contributed by atoms with Crippen LogP contribution in [-0.2, 0) is 10.2 Å². The standard InChI is InChI=1S/C20H18FNO2S/c1-13(23)22-10-8-20(9-11-22)16-4-2-3-5-18(16)25-17-7-6-14(21)12-15(17)19(20)24/h2-7,12H,8-11H2,1H3. The van der Waals surface area contributed by atoms with Gasteiger partial charge in [0.2, 0.25) is 5.91 Å². The lowest BCUT2D eigenvalue weighted by Crippen LogP contribution is -2.48. The molecule has 4 rings (SSSR count). The molecule has 2 aliphatic heterocycles. The first-order valence-electron chi connectivity index (χ1n) is 8.38. The summed E-state index contributed by atoms with van der Waals surface area (Å²) in [7, 11) is 0. The van der Waals surface area contributed by atoms with Crippen molar-refractivity contribution in [1.82, 2.24) is 4.90 Å². The summed E-state index contributed by atoms with van der Waals surface area (Å²) in [4.78, 5) is 28.8. The van der Waals surface area contributed by atoms with E-state index in [2.05, 4.69) is 0 Å². The number of amides is 1. The van der Waals surface area contributed by atoms with E-state index in [0.29, 0.717) is 31.5 Å². The van der Waals surface area contributed by atoms with Crippen molar-refractivity contribution in [1.29, 1.82) is 0 Å². The highest BCUT2D eigenvalue weighted by molar-refractivity contribution is 7.99. The van der Waals surface area contributed by atoms with Gasteiger partial charge in [-0.3, -0.25) is 9.59 Å². The molecule has 0 atom stereocenters. The van der Waals surface area contributed by atoms with Crippen molar-refractivity contribution in [2.24, 2.45) is 0 Å². The maximum atomic E-state index is 13.8. The Morgan fingerprint density at radius 3 is 2.56 bits per heavy atom. The lowest BCUT2D eigenvalue weighted by molar-refractivity contribution is -0.130. The number of likely N-dealkylation sites (tertiary alicyclic amines) is 1. The molecular weight excluding hydrogens is 337 g/mol. The molecule has 5 heteroatoms. The zero-order chi connectivity index (χ0) is 17.6. The molecule has 1 fully saturated rings. The van der Waals surface area contributed by atoms with Gasteiger partial charge in [-0.1, -0.05) is 30.0 Å². The summed E-state index contributed by atoms with van der Waals surface area (Å²) in [6.45, 7) is 2.65. The van der Waals surface area contributed by atoms with Crippen LogP contribution >= 0.6 is 11.8 Å². The average Bonchev–Trinajstić information content (AvgIpc) is 2.71. The third kappa shape index (κ3) is 2.58. The number of fused-ring (bicyclic) bond motifs is 3. The highest BCUT2D eigenvalue weighted by Crippen LogP contribution is 2.48. The molecule has 0 aromatic heterocycles. The van der Waals surface area contributed by atoms with Crippen LogP contribution in [0.2, 0.25) is 0 Å². The lowest BCUT2D eigenvalue weighted by Gasteiger charge is -2.41. The Labute approximate surface area is 150 Å². The summed E-state index contributed by atoms with van der Waals surface area (Å²) in [6, 6.07) is 12.4. The predicted octanol–water partition coefficient (Wildman–Crippen LogP) is 4.05. The highest BCUT2D eigenvalue weighted by Gasteiger charge is 2.46. The van der Waals surface area contributed by atoms with E-state index >= 15 is 0 Å². The summed E-state index contributed by atoms with van der Waals surface area (Å²) >= 11 is 1.52. The fourth-order valence-corrected chi connectivity index (χ4v) is 5.07. The van der Waals surface area contributed by atoms with Crippen LogP contribution in [0.5, 0.6) is 0 Å². The molecule has 0 aliphatic carbocycles. The molecule has 3 nitrogen and oxygen atoms in total. The lowest BCUT2D eigenvalue weighted by atomic mass is 9.68. The van der Waals surface area contributed by atoms with Crippen LogP contribution in [0.1, 0.15) is 35.7 Å². The van der Waals surface area contributed by atoms with Gasteiger partial charge in [0.05, 0.1) is 5.41 Å². The molecular formula is C20H18FNO2S. The smallest absolute Gasteiger partial charge is 0.219 e. The molecule has 0 saturated carbocycles. The molecule has 1 spiro atoms. The van der Waals surface area contributed by atoms with Crippen LogP contribution in [0, 0.1) is 5.82 Å². The number of carbonyl (C=O) groups is 2.